The van der Waals surface area contributed by atoms with Crippen LogP contribution in [0.25, 0.3) is 5.65 Å². The first kappa shape index (κ1) is 10.1. The number of fused-ring (bicyclic) bond motifs is 1. The Labute approximate surface area is 91.1 Å². The molecule has 0 aromatic carbocycles. The minimum atomic E-state index is -0.486. The second-order valence-electron chi connectivity index (χ2n) is 2.97. The number of hydrogen-bond acceptors (Lipinski definition) is 5. The van der Waals surface area contributed by atoms with Crippen LogP contribution in [-0.4, -0.2) is 27.2 Å². The highest BCUT2D eigenvalue weighted by molar-refractivity contribution is 5.95. The lowest BCUT2D eigenvalue weighted by Crippen LogP contribution is -2.05. The molecule has 0 saturated carbocycles. The van der Waals surface area contributed by atoms with Crippen molar-refractivity contribution in [2.75, 3.05) is 6.61 Å². The van der Waals surface area contributed by atoms with Gasteiger partial charge in [0.1, 0.15) is 17.3 Å². The van der Waals surface area contributed by atoms with E-state index in [0.717, 1.165) is 0 Å². The van der Waals surface area contributed by atoms with Gasteiger partial charge in [0.05, 0.1) is 12.8 Å². The number of carbonyl (C=O) groups excluding carboxylic acids is 1. The Balaban J connectivity index is 2.54. The molecule has 0 aliphatic heterocycles. The van der Waals surface area contributed by atoms with Crippen LogP contribution < -0.4 is 0 Å². The van der Waals surface area contributed by atoms with Gasteiger partial charge < -0.3 is 4.74 Å². The monoisotopic (exact) mass is 216 g/mol. The highest BCUT2D eigenvalue weighted by Crippen LogP contribution is 2.09. The third-order valence-corrected chi connectivity index (χ3v) is 1.98. The molecule has 0 unspecified atom stereocenters. The van der Waals surface area contributed by atoms with E-state index in [-0.39, 0.29) is 17.9 Å². The first-order valence-electron chi connectivity index (χ1n) is 4.68. The van der Waals surface area contributed by atoms with Gasteiger partial charge in [-0.2, -0.15) is 10.4 Å². The van der Waals surface area contributed by atoms with Crippen molar-refractivity contribution < 1.29 is 9.53 Å². The summed E-state index contributed by atoms with van der Waals surface area (Å²) in [5.74, 6) is -0.486. The van der Waals surface area contributed by atoms with Crippen molar-refractivity contribution in [3.63, 3.8) is 0 Å². The molecular weight excluding hydrogens is 208 g/mol. The fourth-order valence-corrected chi connectivity index (χ4v) is 1.28. The van der Waals surface area contributed by atoms with Gasteiger partial charge in [-0.05, 0) is 13.0 Å². The molecule has 0 amide bonds. The van der Waals surface area contributed by atoms with Crippen LogP contribution in [0.2, 0.25) is 0 Å². The number of rotatable bonds is 2. The largest absolute Gasteiger partial charge is 0.462 e. The highest BCUT2D eigenvalue weighted by atomic mass is 16.5. The minimum Gasteiger partial charge on any atom is -0.462 e. The fraction of sp³-hybridized carbons (Fsp3) is 0.200. The Morgan fingerprint density at radius 2 is 2.50 bits per heavy atom. The Morgan fingerprint density at radius 1 is 1.69 bits per heavy atom. The van der Waals surface area contributed by atoms with Crippen LogP contribution in [-0.2, 0) is 4.74 Å². The molecule has 2 aromatic rings. The lowest BCUT2D eigenvalue weighted by molar-refractivity contribution is 0.0528. The molecule has 2 heterocycles. The van der Waals surface area contributed by atoms with Crippen molar-refractivity contribution in [1.82, 2.24) is 14.6 Å². The molecule has 2 aromatic heterocycles. The van der Waals surface area contributed by atoms with E-state index in [1.165, 1.54) is 16.8 Å². The van der Waals surface area contributed by atoms with Crippen LogP contribution in [0, 0.1) is 11.3 Å². The third kappa shape index (κ3) is 1.59. The molecule has 0 aliphatic carbocycles. The molecular formula is C10H8N4O2. The Kier molecular flexibility index (Phi) is 2.52. The number of nitrogens with zero attached hydrogens (tertiary/aromatic N) is 4. The van der Waals surface area contributed by atoms with Gasteiger partial charge in [0.15, 0.2) is 5.65 Å². The molecule has 0 atom stereocenters. The molecule has 16 heavy (non-hydrogen) atoms. The number of nitriles is 1. The van der Waals surface area contributed by atoms with Gasteiger partial charge in [-0.15, -0.1) is 0 Å². The Bertz CT molecular complexity index is 582. The first-order valence-corrected chi connectivity index (χ1v) is 4.68. The van der Waals surface area contributed by atoms with Gasteiger partial charge in [-0.3, -0.25) is 0 Å². The summed E-state index contributed by atoms with van der Waals surface area (Å²) in [6.45, 7) is 2.01. The summed E-state index contributed by atoms with van der Waals surface area (Å²) in [6, 6.07) is 3.43. The van der Waals surface area contributed by atoms with E-state index in [0.29, 0.717) is 5.65 Å². The molecule has 0 aliphatic rings. The van der Waals surface area contributed by atoms with Crippen molar-refractivity contribution in [1.29, 1.82) is 5.26 Å². The van der Waals surface area contributed by atoms with Gasteiger partial charge in [-0.1, -0.05) is 0 Å². The highest BCUT2D eigenvalue weighted by Gasteiger charge is 2.15. The molecule has 0 fully saturated rings. The van der Waals surface area contributed by atoms with Crippen molar-refractivity contribution >= 4 is 11.6 Å². The van der Waals surface area contributed by atoms with Crippen molar-refractivity contribution in [3.8, 4) is 6.07 Å². The topological polar surface area (TPSA) is 80.3 Å². The average molecular weight is 216 g/mol. The van der Waals surface area contributed by atoms with Gasteiger partial charge in [0.2, 0.25) is 0 Å². The standard InChI is InChI=1S/C10H8N4O2/c1-2-16-10(15)8-6-12-14-4-3-7(5-11)13-9(8)14/h3-4,6H,2H2,1H3. The summed E-state index contributed by atoms with van der Waals surface area (Å²) in [5.41, 5.74) is 0.829. The molecule has 0 bridgehead atoms. The van der Waals surface area contributed by atoms with Gasteiger partial charge in [0.25, 0.3) is 0 Å². The maximum atomic E-state index is 11.5. The normalized spacial score (nSPS) is 10.0. The zero-order valence-corrected chi connectivity index (χ0v) is 8.54. The molecule has 2 rings (SSSR count). The van der Waals surface area contributed by atoms with E-state index in [2.05, 4.69) is 10.1 Å². The van der Waals surface area contributed by atoms with Crippen LogP contribution in [0.5, 0.6) is 0 Å². The zero-order valence-electron chi connectivity index (χ0n) is 8.54. The smallest absolute Gasteiger partial charge is 0.343 e. The summed E-state index contributed by atoms with van der Waals surface area (Å²) in [7, 11) is 0. The van der Waals surface area contributed by atoms with E-state index >= 15 is 0 Å². The summed E-state index contributed by atoms with van der Waals surface area (Å²) in [4.78, 5) is 15.5. The number of ether oxygens (including phenoxy) is 1. The average Bonchev–Trinajstić information content (AvgIpc) is 2.71. The number of aromatic nitrogens is 3. The van der Waals surface area contributed by atoms with E-state index in [9.17, 15) is 4.79 Å². The SMILES string of the molecule is CCOC(=O)c1cnn2ccc(C#N)nc12. The molecule has 0 saturated heterocycles. The van der Waals surface area contributed by atoms with E-state index < -0.39 is 5.97 Å². The predicted molar refractivity (Wildman–Crippen MR) is 53.7 cm³/mol. The van der Waals surface area contributed by atoms with E-state index in [1.54, 1.807) is 13.1 Å². The van der Waals surface area contributed by atoms with Crippen LogP contribution in [0.3, 0.4) is 0 Å². The van der Waals surface area contributed by atoms with Crippen LogP contribution >= 0.6 is 0 Å². The number of hydrogen-bond donors (Lipinski definition) is 0. The maximum Gasteiger partial charge on any atom is 0.343 e. The second kappa shape index (κ2) is 3.98. The quantitative estimate of drug-likeness (QED) is 0.693. The van der Waals surface area contributed by atoms with Crippen LogP contribution in [0.4, 0.5) is 0 Å². The van der Waals surface area contributed by atoms with Gasteiger partial charge >= 0.3 is 5.97 Å². The van der Waals surface area contributed by atoms with Crippen LogP contribution in [0.1, 0.15) is 23.0 Å². The molecule has 6 heteroatoms. The number of esters is 1. The second-order valence-corrected chi connectivity index (χ2v) is 2.97. The molecule has 0 radical (unpaired) electrons. The first-order chi connectivity index (χ1) is 7.76. The summed E-state index contributed by atoms with van der Waals surface area (Å²) >= 11 is 0. The maximum absolute atomic E-state index is 11.5. The lowest BCUT2D eigenvalue weighted by atomic mass is 10.3. The fourth-order valence-electron chi connectivity index (χ4n) is 1.28. The molecule has 80 valence electrons. The Morgan fingerprint density at radius 3 is 3.19 bits per heavy atom. The van der Waals surface area contributed by atoms with Crippen LogP contribution in [0.15, 0.2) is 18.5 Å². The predicted octanol–water partition coefficient (Wildman–Crippen LogP) is 0.778. The minimum absolute atomic E-state index is 0.235. The summed E-state index contributed by atoms with van der Waals surface area (Å²) in [5, 5.41) is 12.7. The molecule has 0 spiro atoms. The molecule has 6 nitrogen and oxygen atoms in total. The zero-order chi connectivity index (χ0) is 11.5. The lowest BCUT2D eigenvalue weighted by Gasteiger charge is -1.98. The number of carbonyl (C=O) groups is 1. The third-order valence-electron chi connectivity index (χ3n) is 1.98. The van der Waals surface area contributed by atoms with E-state index in [4.69, 9.17) is 10.00 Å². The van der Waals surface area contributed by atoms with E-state index in [1.807, 2.05) is 6.07 Å². The van der Waals surface area contributed by atoms with Gasteiger partial charge in [-0.25, -0.2) is 14.3 Å². The summed E-state index contributed by atoms with van der Waals surface area (Å²) in [6.07, 6.45) is 2.95. The van der Waals surface area contributed by atoms with Crippen molar-refractivity contribution in [2.24, 2.45) is 0 Å². The van der Waals surface area contributed by atoms with Gasteiger partial charge in [0, 0.05) is 6.20 Å². The van der Waals surface area contributed by atoms with Crippen molar-refractivity contribution in [3.05, 3.63) is 29.7 Å². The summed E-state index contributed by atoms with van der Waals surface area (Å²) < 4.78 is 6.28. The molecule has 0 N–H and O–H groups in total. The van der Waals surface area contributed by atoms with Crippen molar-refractivity contribution in [2.45, 2.75) is 6.92 Å². The Hall–Kier alpha value is -2.42.